The lowest BCUT2D eigenvalue weighted by molar-refractivity contribution is 0.0742. The summed E-state index contributed by atoms with van der Waals surface area (Å²) < 4.78 is 14.7. The Labute approximate surface area is 292 Å². The Hall–Kier alpha value is -5.16. The zero-order chi connectivity index (χ0) is 35.9. The minimum atomic E-state index is -0.547. The molecule has 5 rings (SSSR count). The highest BCUT2D eigenvalue weighted by molar-refractivity contribution is 8.02. The van der Waals surface area contributed by atoms with E-state index in [1.54, 1.807) is 35.2 Å². The number of halogens is 1. The van der Waals surface area contributed by atoms with Crippen LogP contribution >= 0.6 is 11.8 Å². The molecule has 0 atom stereocenters. The standard InChI is InChI=1S/C26H24FN5O2.C10H16N2S.C2H6/c27-23-10-5-17(16-24-20-3-1-2-4-21(20)25(33)30-29-24)15-22(23)26(34)32-13-11-31(12-14-32)19-8-6-18(28)7-9-19;1-6-7-8(2)11-9(3)12-10(4)13-5;1-2/h1-10,15H,11-14,16,28H2,(H,30,33);6-7H,1,4H2,2-3,5H3,(H,11,12);1-2H3/b;8-7+;. The number of amides is 1. The number of thioether (sulfide) groups is 1. The number of hydrogen-bond acceptors (Lipinski definition) is 7. The number of aromatic nitrogens is 2. The van der Waals surface area contributed by atoms with Crippen molar-refractivity contribution in [2.75, 3.05) is 43.1 Å². The minimum absolute atomic E-state index is 0.0483. The van der Waals surface area contributed by atoms with Crippen molar-refractivity contribution in [1.29, 1.82) is 0 Å². The molecule has 4 N–H and O–H groups in total. The Balaban J connectivity index is 0.000000368. The first-order valence-corrected chi connectivity index (χ1v) is 17.3. The molecular weight excluding hydrogens is 638 g/mol. The number of anilines is 2. The first-order chi connectivity index (χ1) is 23.6. The zero-order valence-electron chi connectivity index (χ0n) is 28.9. The van der Waals surface area contributed by atoms with Crippen molar-refractivity contribution in [3.8, 4) is 0 Å². The van der Waals surface area contributed by atoms with Gasteiger partial charge in [0.05, 0.1) is 21.7 Å². The number of hydrogen-bond donors (Lipinski definition) is 3. The van der Waals surface area contributed by atoms with Crippen molar-refractivity contribution in [2.24, 2.45) is 4.99 Å². The van der Waals surface area contributed by atoms with Gasteiger partial charge in [0.25, 0.3) is 11.5 Å². The number of carbonyl (C=O) groups is 1. The van der Waals surface area contributed by atoms with Crippen molar-refractivity contribution < 1.29 is 9.18 Å². The minimum Gasteiger partial charge on any atom is -0.399 e. The van der Waals surface area contributed by atoms with E-state index in [-0.39, 0.29) is 17.0 Å². The van der Waals surface area contributed by atoms with E-state index in [4.69, 9.17) is 5.73 Å². The molecule has 1 fully saturated rings. The van der Waals surface area contributed by atoms with Gasteiger partial charge in [-0.1, -0.05) is 57.3 Å². The zero-order valence-corrected chi connectivity index (χ0v) is 29.7. The molecule has 11 heteroatoms. The van der Waals surface area contributed by atoms with Gasteiger partial charge in [0, 0.05) is 55.1 Å². The van der Waals surface area contributed by atoms with Crippen LogP contribution in [0.1, 0.15) is 49.3 Å². The fourth-order valence-corrected chi connectivity index (χ4v) is 5.36. The van der Waals surface area contributed by atoms with E-state index in [1.165, 1.54) is 17.8 Å². The number of carbonyl (C=O) groups excluding carboxylic acids is 1. The van der Waals surface area contributed by atoms with Gasteiger partial charge < -0.3 is 20.9 Å². The molecule has 1 aliphatic rings. The van der Waals surface area contributed by atoms with E-state index < -0.39 is 5.82 Å². The smallest absolute Gasteiger partial charge is 0.272 e. The van der Waals surface area contributed by atoms with E-state index in [0.717, 1.165) is 33.2 Å². The van der Waals surface area contributed by atoms with E-state index in [2.05, 4.69) is 38.6 Å². The molecule has 0 spiro atoms. The third-order valence-electron chi connectivity index (χ3n) is 7.51. The molecule has 3 aromatic carbocycles. The van der Waals surface area contributed by atoms with Crippen molar-refractivity contribution in [3.63, 3.8) is 0 Å². The molecule has 0 unspecified atom stereocenters. The largest absolute Gasteiger partial charge is 0.399 e. The Morgan fingerprint density at radius 1 is 1.06 bits per heavy atom. The van der Waals surface area contributed by atoms with Crippen LogP contribution in [-0.2, 0) is 6.42 Å². The van der Waals surface area contributed by atoms with Crippen LogP contribution in [-0.4, -0.2) is 59.3 Å². The highest BCUT2D eigenvalue weighted by Crippen LogP contribution is 2.22. The van der Waals surface area contributed by atoms with Crippen molar-refractivity contribution in [3.05, 3.63) is 136 Å². The molecule has 0 radical (unpaired) electrons. The maximum absolute atomic E-state index is 14.7. The van der Waals surface area contributed by atoms with Gasteiger partial charge in [-0.2, -0.15) is 5.10 Å². The Kier molecular flexibility index (Phi) is 14.8. The third kappa shape index (κ3) is 10.9. The van der Waals surface area contributed by atoms with E-state index in [9.17, 15) is 14.0 Å². The topological polar surface area (TPSA) is 120 Å². The summed E-state index contributed by atoms with van der Waals surface area (Å²) in [5.41, 5.74) is 9.74. The number of H-pyrrole nitrogens is 1. The maximum Gasteiger partial charge on any atom is 0.272 e. The van der Waals surface area contributed by atoms with Gasteiger partial charge in [0.2, 0.25) is 0 Å². The third-order valence-corrected chi connectivity index (χ3v) is 8.07. The monoisotopic (exact) mass is 683 g/mol. The fraction of sp³-hybridized carbons (Fsp3) is 0.263. The number of aliphatic imine (C=N–C) groups is 1. The molecule has 1 amide bonds. The molecule has 49 heavy (non-hydrogen) atoms. The Bertz CT molecular complexity index is 1860. The quantitative estimate of drug-likeness (QED) is 0.0782. The van der Waals surface area contributed by atoms with Crippen LogP contribution < -0.4 is 21.5 Å². The van der Waals surface area contributed by atoms with Crippen LogP contribution in [0.15, 0.2) is 113 Å². The molecule has 258 valence electrons. The number of aromatic amines is 1. The molecule has 0 aliphatic carbocycles. The molecule has 2 heterocycles. The number of amidine groups is 1. The second kappa shape index (κ2) is 19.0. The number of allylic oxidation sites excluding steroid dienone is 3. The molecule has 0 saturated carbocycles. The summed E-state index contributed by atoms with van der Waals surface area (Å²) in [6.45, 7) is 17.5. The van der Waals surface area contributed by atoms with E-state index >= 15 is 0 Å². The van der Waals surface area contributed by atoms with Gasteiger partial charge in [0.1, 0.15) is 11.7 Å². The molecule has 1 saturated heterocycles. The number of nitrogens with one attached hydrogen (secondary N) is 2. The average molecular weight is 684 g/mol. The van der Waals surface area contributed by atoms with Crippen LogP contribution in [0.5, 0.6) is 0 Å². The van der Waals surface area contributed by atoms with Crippen molar-refractivity contribution in [1.82, 2.24) is 20.4 Å². The second-order valence-electron chi connectivity index (χ2n) is 10.9. The van der Waals surface area contributed by atoms with Gasteiger partial charge in [0.15, 0.2) is 0 Å². The number of nitrogen functional groups attached to an aromatic ring is 1. The molecule has 1 aromatic heterocycles. The predicted molar refractivity (Wildman–Crippen MR) is 205 cm³/mol. The summed E-state index contributed by atoms with van der Waals surface area (Å²) in [6.07, 6.45) is 5.94. The summed E-state index contributed by atoms with van der Waals surface area (Å²) in [7, 11) is 0. The lowest BCUT2D eigenvalue weighted by Crippen LogP contribution is -2.49. The Morgan fingerprint density at radius 3 is 2.35 bits per heavy atom. The van der Waals surface area contributed by atoms with Gasteiger partial charge >= 0.3 is 0 Å². The fourth-order valence-electron chi connectivity index (χ4n) is 5.13. The highest BCUT2D eigenvalue weighted by atomic mass is 32.2. The normalized spacial score (nSPS) is 13.1. The van der Waals surface area contributed by atoms with Crippen molar-refractivity contribution >= 4 is 45.7 Å². The summed E-state index contributed by atoms with van der Waals surface area (Å²) >= 11 is 1.53. The number of nitrogens with two attached hydrogens (primary N) is 1. The number of nitrogens with zero attached hydrogens (tertiary/aromatic N) is 4. The summed E-state index contributed by atoms with van der Waals surface area (Å²) in [5, 5.41) is 11.9. The van der Waals surface area contributed by atoms with Gasteiger partial charge in [-0.15, -0.1) is 11.8 Å². The summed E-state index contributed by atoms with van der Waals surface area (Å²) in [4.78, 5) is 33.3. The van der Waals surface area contributed by atoms with Crippen LogP contribution in [0.3, 0.4) is 0 Å². The summed E-state index contributed by atoms with van der Waals surface area (Å²) in [6, 6.07) is 19.4. The lowest BCUT2D eigenvalue weighted by Gasteiger charge is -2.36. The van der Waals surface area contributed by atoms with Crippen molar-refractivity contribution in [2.45, 2.75) is 34.1 Å². The number of piperazine rings is 1. The Morgan fingerprint density at radius 2 is 1.71 bits per heavy atom. The number of fused-ring (bicyclic) bond motifs is 1. The van der Waals surface area contributed by atoms with E-state index in [1.807, 2.05) is 76.4 Å². The highest BCUT2D eigenvalue weighted by Gasteiger charge is 2.25. The van der Waals surface area contributed by atoms with Crippen LogP contribution in [0, 0.1) is 5.82 Å². The average Bonchev–Trinajstić information content (AvgIpc) is 3.11. The molecule has 1 aliphatic heterocycles. The predicted octanol–water partition coefficient (Wildman–Crippen LogP) is 7.14. The van der Waals surface area contributed by atoms with Crippen LogP contribution in [0.4, 0.5) is 15.8 Å². The summed E-state index contributed by atoms with van der Waals surface area (Å²) in [5.74, 6) is -0.0282. The first kappa shape index (κ1) is 38.3. The van der Waals surface area contributed by atoms with Crippen LogP contribution in [0.2, 0.25) is 0 Å². The second-order valence-corrected chi connectivity index (χ2v) is 11.8. The SMILES string of the molecule is C=C/C=C(\C)N/C(C)=N/C(=C)SC.CC.Nc1ccc(N2CCN(C(=O)c3cc(Cc4n[nH]c(=O)c5ccccc45)ccc3F)CC2)cc1. The maximum atomic E-state index is 14.7. The van der Waals surface area contributed by atoms with Gasteiger partial charge in [-0.25, -0.2) is 14.5 Å². The molecule has 9 nitrogen and oxygen atoms in total. The molecule has 4 aromatic rings. The van der Waals surface area contributed by atoms with Gasteiger partial charge in [-0.05, 0) is 74.2 Å². The first-order valence-electron chi connectivity index (χ1n) is 16.1. The number of rotatable bonds is 8. The van der Waals surface area contributed by atoms with Crippen LogP contribution in [0.25, 0.3) is 10.8 Å². The molecule has 0 bridgehead atoms. The lowest BCUT2D eigenvalue weighted by atomic mass is 10.0. The molecular formula is C38H46FN7O2S. The van der Waals surface area contributed by atoms with E-state index in [0.29, 0.717) is 49.4 Å². The van der Waals surface area contributed by atoms with Gasteiger partial charge in [-0.3, -0.25) is 9.59 Å². The number of benzene rings is 3.